The van der Waals surface area contributed by atoms with Gasteiger partial charge in [-0.3, -0.25) is 4.98 Å². The lowest BCUT2D eigenvalue weighted by atomic mass is 10.4. The molecule has 0 aromatic carbocycles. The van der Waals surface area contributed by atoms with Gasteiger partial charge in [-0.1, -0.05) is 11.6 Å². The van der Waals surface area contributed by atoms with E-state index in [-0.39, 0.29) is 6.54 Å². The summed E-state index contributed by atoms with van der Waals surface area (Å²) in [6.45, 7) is 0.193. The number of hydrogen-bond donors (Lipinski definition) is 1. The number of halogens is 1. The molecule has 2 heterocycles. The van der Waals surface area contributed by atoms with Crippen molar-refractivity contribution in [2.45, 2.75) is 0 Å². The predicted octanol–water partition coefficient (Wildman–Crippen LogP) is 1.86. The van der Waals surface area contributed by atoms with Crippen molar-refractivity contribution in [1.82, 2.24) is 14.8 Å². The van der Waals surface area contributed by atoms with Gasteiger partial charge in [-0.15, -0.1) is 0 Å². The molecular weight excluding hydrogens is 226 g/mol. The monoisotopic (exact) mass is 233 g/mol. The minimum absolute atomic E-state index is 0.193. The Kier molecular flexibility index (Phi) is 3.03. The van der Waals surface area contributed by atoms with Crippen LogP contribution in [0.2, 0.25) is 5.15 Å². The second-order valence-electron chi connectivity index (χ2n) is 3.00. The molecule has 2 aromatic heterocycles. The van der Waals surface area contributed by atoms with Gasteiger partial charge in [-0.05, 0) is 12.1 Å². The summed E-state index contributed by atoms with van der Waals surface area (Å²) < 4.78 is 1.61. The zero-order valence-electron chi connectivity index (χ0n) is 8.26. The Morgan fingerprint density at radius 2 is 2.44 bits per heavy atom. The van der Waals surface area contributed by atoms with E-state index in [2.05, 4.69) is 15.4 Å². The van der Waals surface area contributed by atoms with Crippen LogP contribution in [-0.4, -0.2) is 21.3 Å². The fraction of sp³-hybridized carbons (Fsp3) is 0.100. The number of nitrogens with zero attached hydrogens (tertiary/aromatic N) is 4. The summed E-state index contributed by atoms with van der Waals surface area (Å²) in [7, 11) is 0. The molecule has 0 spiro atoms. The largest absolute Gasteiger partial charge is 0.368 e. The number of rotatable bonds is 3. The van der Waals surface area contributed by atoms with Crippen molar-refractivity contribution < 1.29 is 0 Å². The Morgan fingerprint density at radius 1 is 1.56 bits per heavy atom. The Bertz CT molecular complexity index is 514. The summed E-state index contributed by atoms with van der Waals surface area (Å²) in [5, 5.41) is 15.7. The van der Waals surface area contributed by atoms with Crippen molar-refractivity contribution in [2.24, 2.45) is 0 Å². The van der Waals surface area contributed by atoms with Crippen LogP contribution in [0.4, 0.5) is 5.69 Å². The third-order valence-corrected chi connectivity index (χ3v) is 2.22. The molecule has 5 nitrogen and oxygen atoms in total. The highest BCUT2D eigenvalue weighted by Gasteiger charge is 2.06. The van der Waals surface area contributed by atoms with Crippen LogP contribution in [0, 0.1) is 11.3 Å². The lowest BCUT2D eigenvalue weighted by Gasteiger charge is -1.98. The maximum atomic E-state index is 8.45. The summed E-state index contributed by atoms with van der Waals surface area (Å²) in [6.07, 6.45) is 5.08. The Balaban J connectivity index is 2.28. The maximum Gasteiger partial charge on any atom is 0.174 e. The van der Waals surface area contributed by atoms with Crippen LogP contribution >= 0.6 is 11.6 Å². The number of pyridine rings is 1. The molecule has 80 valence electrons. The van der Waals surface area contributed by atoms with Gasteiger partial charge >= 0.3 is 0 Å². The molecule has 0 aliphatic heterocycles. The highest BCUT2D eigenvalue weighted by Crippen LogP contribution is 2.20. The van der Waals surface area contributed by atoms with Crippen LogP contribution in [0.1, 0.15) is 0 Å². The van der Waals surface area contributed by atoms with Gasteiger partial charge < -0.3 is 5.32 Å². The highest BCUT2D eigenvalue weighted by molar-refractivity contribution is 6.32. The van der Waals surface area contributed by atoms with Crippen molar-refractivity contribution in [3.63, 3.8) is 0 Å². The summed E-state index contributed by atoms with van der Waals surface area (Å²) >= 11 is 5.91. The van der Waals surface area contributed by atoms with Gasteiger partial charge in [0.05, 0.1) is 29.8 Å². The molecule has 0 fully saturated rings. The third-order valence-electron chi connectivity index (χ3n) is 1.94. The van der Waals surface area contributed by atoms with Gasteiger partial charge in [0.15, 0.2) is 5.15 Å². The first kappa shape index (κ1) is 10.5. The van der Waals surface area contributed by atoms with Crippen LogP contribution in [0.5, 0.6) is 0 Å². The molecule has 0 aliphatic carbocycles. The molecule has 6 heteroatoms. The van der Waals surface area contributed by atoms with Gasteiger partial charge in [0.25, 0.3) is 0 Å². The van der Waals surface area contributed by atoms with Crippen LogP contribution < -0.4 is 5.32 Å². The second-order valence-corrected chi connectivity index (χ2v) is 3.36. The fourth-order valence-corrected chi connectivity index (χ4v) is 1.42. The van der Waals surface area contributed by atoms with Crippen molar-refractivity contribution >= 4 is 17.3 Å². The molecule has 0 atom stereocenters. The van der Waals surface area contributed by atoms with E-state index in [0.29, 0.717) is 10.8 Å². The molecule has 0 amide bonds. The van der Waals surface area contributed by atoms with Gasteiger partial charge in [-0.2, -0.15) is 10.4 Å². The molecule has 2 rings (SSSR count). The van der Waals surface area contributed by atoms with Crippen LogP contribution in [0.25, 0.3) is 5.69 Å². The molecule has 16 heavy (non-hydrogen) atoms. The normalized spacial score (nSPS) is 9.75. The summed E-state index contributed by atoms with van der Waals surface area (Å²) in [5.74, 6) is 0. The molecule has 0 aliphatic rings. The van der Waals surface area contributed by atoms with E-state index in [1.165, 1.54) is 0 Å². The first-order valence-electron chi connectivity index (χ1n) is 4.57. The minimum Gasteiger partial charge on any atom is -0.368 e. The molecule has 1 N–H and O–H groups in total. The maximum absolute atomic E-state index is 8.45. The van der Waals surface area contributed by atoms with E-state index >= 15 is 0 Å². The van der Waals surface area contributed by atoms with Crippen molar-refractivity contribution in [3.05, 3.63) is 35.9 Å². The van der Waals surface area contributed by atoms with E-state index in [1.807, 2.05) is 18.2 Å². The van der Waals surface area contributed by atoms with E-state index < -0.39 is 0 Å². The third kappa shape index (κ3) is 2.12. The van der Waals surface area contributed by atoms with Gasteiger partial charge in [-0.25, -0.2) is 4.68 Å². The first-order valence-corrected chi connectivity index (χ1v) is 4.95. The van der Waals surface area contributed by atoms with Gasteiger partial charge in [0.1, 0.15) is 6.54 Å². The summed E-state index contributed by atoms with van der Waals surface area (Å²) in [6, 6.07) is 5.65. The Morgan fingerprint density at radius 3 is 3.12 bits per heavy atom. The quantitative estimate of drug-likeness (QED) is 0.822. The van der Waals surface area contributed by atoms with E-state index in [0.717, 1.165) is 5.69 Å². The van der Waals surface area contributed by atoms with Crippen molar-refractivity contribution in [2.75, 3.05) is 11.9 Å². The lowest BCUT2D eigenvalue weighted by molar-refractivity contribution is 0.874. The highest BCUT2D eigenvalue weighted by atomic mass is 35.5. The SMILES string of the molecule is N#CCNc1cn(-c2cccnc2)nc1Cl. The number of anilines is 1. The molecular formula is C10H8ClN5. The number of hydrogen-bond acceptors (Lipinski definition) is 4. The van der Waals surface area contributed by atoms with Gasteiger partial charge in [0.2, 0.25) is 0 Å². The van der Waals surface area contributed by atoms with Crippen LogP contribution in [-0.2, 0) is 0 Å². The first-order chi connectivity index (χ1) is 7.81. The zero-order chi connectivity index (χ0) is 11.4. The molecule has 0 saturated carbocycles. The molecule has 0 saturated heterocycles. The Labute approximate surface area is 97.3 Å². The second kappa shape index (κ2) is 4.64. The van der Waals surface area contributed by atoms with E-state index in [1.54, 1.807) is 23.3 Å². The standard InChI is InChI=1S/C10H8ClN5/c11-10-9(14-5-3-12)7-16(15-10)8-2-1-4-13-6-8/h1-2,4,6-7,14H,5H2. The predicted molar refractivity (Wildman–Crippen MR) is 60.5 cm³/mol. The molecule has 0 radical (unpaired) electrons. The Hall–Kier alpha value is -2.06. The fourth-order valence-electron chi connectivity index (χ4n) is 1.23. The summed E-state index contributed by atoms with van der Waals surface area (Å²) in [4.78, 5) is 3.99. The van der Waals surface area contributed by atoms with E-state index in [4.69, 9.17) is 16.9 Å². The zero-order valence-corrected chi connectivity index (χ0v) is 9.02. The summed E-state index contributed by atoms with van der Waals surface area (Å²) in [5.41, 5.74) is 1.45. The minimum atomic E-state index is 0.193. The number of nitrogens with one attached hydrogen (secondary N) is 1. The smallest absolute Gasteiger partial charge is 0.174 e. The average Bonchev–Trinajstić information content (AvgIpc) is 2.69. The number of nitriles is 1. The van der Waals surface area contributed by atoms with Crippen molar-refractivity contribution in [3.8, 4) is 11.8 Å². The molecule has 2 aromatic rings. The van der Waals surface area contributed by atoms with Crippen LogP contribution in [0.15, 0.2) is 30.7 Å². The van der Waals surface area contributed by atoms with Crippen LogP contribution in [0.3, 0.4) is 0 Å². The lowest BCUT2D eigenvalue weighted by Crippen LogP contribution is -1.97. The van der Waals surface area contributed by atoms with Crippen molar-refractivity contribution in [1.29, 1.82) is 5.26 Å². The number of aromatic nitrogens is 3. The average molecular weight is 234 g/mol. The topological polar surface area (TPSA) is 66.5 Å². The van der Waals surface area contributed by atoms with Gasteiger partial charge in [0, 0.05) is 6.20 Å². The molecule has 0 bridgehead atoms. The molecule has 0 unspecified atom stereocenters. The van der Waals surface area contributed by atoms with E-state index in [9.17, 15) is 0 Å².